The summed E-state index contributed by atoms with van der Waals surface area (Å²) in [7, 11) is 0. The Morgan fingerprint density at radius 3 is 2.50 bits per heavy atom. The van der Waals surface area contributed by atoms with E-state index in [4.69, 9.17) is 10.2 Å². The molecule has 2 aliphatic heterocycles. The lowest BCUT2D eigenvalue weighted by molar-refractivity contribution is -0.138. The van der Waals surface area contributed by atoms with Gasteiger partial charge in [0, 0.05) is 32.0 Å². The largest absolute Gasteiger partial charge is 0.464 e. The van der Waals surface area contributed by atoms with Crippen molar-refractivity contribution in [2.45, 2.75) is 71.4 Å². The Bertz CT molecular complexity index is 1680. The molecule has 2 aromatic carbocycles. The van der Waals surface area contributed by atoms with Crippen molar-refractivity contribution in [1.82, 2.24) is 15.1 Å². The molecule has 1 unspecified atom stereocenters. The number of furan rings is 1. The van der Waals surface area contributed by atoms with Crippen molar-refractivity contribution in [1.29, 1.82) is 0 Å². The molecule has 46 heavy (non-hydrogen) atoms. The Hall–Kier alpha value is -4.68. The van der Waals surface area contributed by atoms with Crippen molar-refractivity contribution in [3.63, 3.8) is 0 Å². The molecule has 0 saturated carbocycles. The van der Waals surface area contributed by atoms with E-state index in [2.05, 4.69) is 10.3 Å². The normalized spacial score (nSPS) is 18.2. The minimum Gasteiger partial charge on any atom is -0.464 e. The number of amides is 3. The first kappa shape index (κ1) is 32.7. The molecule has 13 heteroatoms. The smallest absolute Gasteiger partial charge is 0.417 e. The van der Waals surface area contributed by atoms with Crippen LogP contribution in [-0.2, 0) is 47.4 Å². The van der Waals surface area contributed by atoms with Crippen LogP contribution in [0.3, 0.4) is 0 Å². The van der Waals surface area contributed by atoms with E-state index in [-0.39, 0.29) is 49.5 Å². The first-order valence-electron chi connectivity index (χ1n) is 15.0. The third-order valence-corrected chi connectivity index (χ3v) is 8.26. The predicted molar refractivity (Wildman–Crippen MR) is 160 cm³/mol. The third kappa shape index (κ3) is 6.63. The number of rotatable bonds is 9. The summed E-state index contributed by atoms with van der Waals surface area (Å²) in [4.78, 5) is 46.0. The number of alkyl halides is 3. The summed E-state index contributed by atoms with van der Waals surface area (Å²) >= 11 is 0. The lowest BCUT2D eigenvalue weighted by Crippen LogP contribution is -2.42. The summed E-state index contributed by atoms with van der Waals surface area (Å²) in [5, 5.41) is 2.63. The average Bonchev–Trinajstić information content (AvgIpc) is 3.52. The number of nitrogens with one attached hydrogen (secondary N) is 1. The van der Waals surface area contributed by atoms with Crippen LogP contribution in [0.25, 0.3) is 0 Å². The maximum absolute atomic E-state index is 14.1. The van der Waals surface area contributed by atoms with Crippen molar-refractivity contribution in [3.8, 4) is 0 Å². The van der Waals surface area contributed by atoms with Gasteiger partial charge in [-0.25, -0.2) is 9.38 Å². The number of halogens is 4. The molecular formula is C33H35F4N5O4. The number of nitrogens with zero attached hydrogens (tertiary/aromatic N) is 3. The molecule has 0 fully saturated rings. The molecular weight excluding hydrogens is 606 g/mol. The van der Waals surface area contributed by atoms with Gasteiger partial charge in [-0.05, 0) is 60.2 Å². The van der Waals surface area contributed by atoms with Crippen LogP contribution in [0.4, 0.5) is 17.6 Å². The van der Waals surface area contributed by atoms with Crippen LogP contribution in [-0.4, -0.2) is 40.0 Å². The van der Waals surface area contributed by atoms with Gasteiger partial charge in [-0.1, -0.05) is 32.0 Å². The molecule has 0 bridgehead atoms. The van der Waals surface area contributed by atoms with Gasteiger partial charge < -0.3 is 20.4 Å². The number of guanidine groups is 1. The highest BCUT2D eigenvalue weighted by Gasteiger charge is 2.49. The summed E-state index contributed by atoms with van der Waals surface area (Å²) in [6.07, 6.45) is -3.63. The SMILES string of the molecule is CC(=O)NCc1cc2c(o1)CCN(C(=O)c1cc(CN3C(=O)C(CCC(C)C)(c4ccc(F)cc4)N=C3N)ccc1C(F)(F)F)C2. The Balaban J connectivity index is 1.42. The quantitative estimate of drug-likeness (QED) is 0.309. The van der Waals surface area contributed by atoms with Gasteiger partial charge in [-0.15, -0.1) is 0 Å². The first-order valence-corrected chi connectivity index (χ1v) is 15.0. The van der Waals surface area contributed by atoms with Crippen molar-refractivity contribution in [3.05, 3.63) is 93.7 Å². The van der Waals surface area contributed by atoms with Crippen LogP contribution in [0.15, 0.2) is 57.9 Å². The Morgan fingerprint density at radius 1 is 1.13 bits per heavy atom. The number of benzene rings is 2. The van der Waals surface area contributed by atoms with Gasteiger partial charge in [0.1, 0.15) is 17.3 Å². The van der Waals surface area contributed by atoms with Gasteiger partial charge in [0.25, 0.3) is 11.8 Å². The molecule has 3 N–H and O–H groups in total. The Kier molecular flexibility index (Phi) is 8.96. The number of carbonyl (C=O) groups is 3. The van der Waals surface area contributed by atoms with Gasteiger partial charge >= 0.3 is 6.18 Å². The first-order chi connectivity index (χ1) is 21.7. The van der Waals surface area contributed by atoms with Crippen molar-refractivity contribution in [2.75, 3.05) is 6.54 Å². The van der Waals surface area contributed by atoms with Crippen LogP contribution in [0.2, 0.25) is 0 Å². The van der Waals surface area contributed by atoms with Crippen LogP contribution in [0.1, 0.15) is 77.7 Å². The zero-order valence-electron chi connectivity index (χ0n) is 25.7. The summed E-state index contributed by atoms with van der Waals surface area (Å²) < 4.78 is 61.9. The molecule has 1 atom stereocenters. The van der Waals surface area contributed by atoms with E-state index in [0.29, 0.717) is 41.9 Å². The maximum atomic E-state index is 14.1. The number of fused-ring (bicyclic) bond motifs is 1. The Morgan fingerprint density at radius 2 is 1.85 bits per heavy atom. The fraction of sp³-hybridized carbons (Fsp3) is 0.394. The lowest BCUT2D eigenvalue weighted by atomic mass is 9.83. The standard InChI is InChI=1S/C33H35F4N5O4/c1-19(2)10-12-32(23-5-7-24(34)8-6-23)30(45)42(31(38)40-32)17-21-4-9-27(33(35,36)37)26(14-21)29(44)41-13-11-28-22(18-41)15-25(46-28)16-39-20(3)43/h4-9,14-15,19H,10-13,16-18H2,1-3H3,(H2,38,40)(H,39,43). The van der Waals surface area contributed by atoms with E-state index in [0.717, 1.165) is 12.1 Å². The summed E-state index contributed by atoms with van der Waals surface area (Å²) in [5.74, 6) is -0.843. The molecule has 244 valence electrons. The zero-order chi connectivity index (χ0) is 33.4. The minimum absolute atomic E-state index is 0.0273. The van der Waals surface area contributed by atoms with E-state index in [1.807, 2.05) is 13.8 Å². The Labute approximate surface area is 263 Å². The van der Waals surface area contributed by atoms with Gasteiger partial charge in [-0.3, -0.25) is 19.3 Å². The fourth-order valence-corrected chi connectivity index (χ4v) is 5.84. The molecule has 1 aromatic heterocycles. The second-order valence-corrected chi connectivity index (χ2v) is 12.1. The van der Waals surface area contributed by atoms with Crippen molar-refractivity contribution in [2.24, 2.45) is 16.6 Å². The van der Waals surface area contributed by atoms with Gasteiger partial charge in [0.15, 0.2) is 11.5 Å². The molecule has 3 heterocycles. The molecule has 3 aromatic rings. The van der Waals surface area contributed by atoms with Gasteiger partial charge in [-0.2, -0.15) is 13.2 Å². The number of hydrogen-bond donors (Lipinski definition) is 2. The highest BCUT2D eigenvalue weighted by molar-refractivity contribution is 6.07. The van der Waals surface area contributed by atoms with Crippen LogP contribution in [0.5, 0.6) is 0 Å². The van der Waals surface area contributed by atoms with E-state index >= 15 is 0 Å². The molecule has 0 saturated heterocycles. The minimum atomic E-state index is -4.82. The number of nitrogens with two attached hydrogens (primary N) is 1. The van der Waals surface area contributed by atoms with Crippen molar-refractivity contribution < 1.29 is 36.4 Å². The van der Waals surface area contributed by atoms with E-state index < -0.39 is 40.5 Å². The molecule has 9 nitrogen and oxygen atoms in total. The average molecular weight is 642 g/mol. The zero-order valence-corrected chi connectivity index (χ0v) is 25.7. The molecule has 0 aliphatic carbocycles. The molecule has 0 spiro atoms. The number of carbonyl (C=O) groups excluding carboxylic acids is 3. The molecule has 0 radical (unpaired) electrons. The number of hydrogen-bond acceptors (Lipinski definition) is 6. The summed E-state index contributed by atoms with van der Waals surface area (Å²) in [5.41, 5.74) is 4.55. The highest BCUT2D eigenvalue weighted by atomic mass is 19.4. The highest BCUT2D eigenvalue weighted by Crippen LogP contribution is 2.40. The van der Waals surface area contributed by atoms with Crippen LogP contribution in [0, 0.1) is 11.7 Å². The summed E-state index contributed by atoms with van der Waals surface area (Å²) in [6, 6.07) is 10.3. The fourth-order valence-electron chi connectivity index (χ4n) is 5.84. The number of aliphatic imine (C=N–C) groups is 1. The van der Waals surface area contributed by atoms with Gasteiger partial charge in [0.2, 0.25) is 5.91 Å². The van der Waals surface area contributed by atoms with E-state index in [1.165, 1.54) is 47.1 Å². The second kappa shape index (κ2) is 12.6. The molecule has 2 aliphatic rings. The molecule has 5 rings (SSSR count). The van der Waals surface area contributed by atoms with Crippen molar-refractivity contribution >= 4 is 23.7 Å². The summed E-state index contributed by atoms with van der Waals surface area (Å²) in [6.45, 7) is 5.42. The van der Waals surface area contributed by atoms with E-state index in [1.54, 1.807) is 6.07 Å². The van der Waals surface area contributed by atoms with E-state index in [9.17, 15) is 31.9 Å². The topological polar surface area (TPSA) is 121 Å². The monoisotopic (exact) mass is 641 g/mol. The third-order valence-electron chi connectivity index (χ3n) is 8.26. The predicted octanol–water partition coefficient (Wildman–Crippen LogP) is 5.26. The maximum Gasteiger partial charge on any atom is 0.417 e. The lowest BCUT2D eigenvalue weighted by Gasteiger charge is -2.28. The molecule has 3 amide bonds. The van der Waals surface area contributed by atoms with Crippen LogP contribution >= 0.6 is 0 Å². The van der Waals surface area contributed by atoms with Gasteiger partial charge in [0.05, 0.1) is 24.2 Å². The second-order valence-electron chi connectivity index (χ2n) is 12.1. The van der Waals surface area contributed by atoms with Crippen LogP contribution < -0.4 is 11.1 Å².